The predicted octanol–water partition coefficient (Wildman–Crippen LogP) is 5.35. The van der Waals surface area contributed by atoms with Crippen molar-refractivity contribution in [2.75, 3.05) is 7.11 Å². The normalized spacial score (nSPS) is 11.1. The van der Waals surface area contributed by atoms with Gasteiger partial charge in [-0.1, -0.05) is 30.3 Å². The van der Waals surface area contributed by atoms with Crippen LogP contribution in [0.2, 0.25) is 0 Å². The Hall–Kier alpha value is -3.62. The van der Waals surface area contributed by atoms with Crippen molar-refractivity contribution in [2.45, 2.75) is 6.61 Å². The lowest BCUT2D eigenvalue weighted by molar-refractivity contribution is 0.177. The Morgan fingerprint density at radius 3 is 2.53 bits per heavy atom. The smallest absolute Gasteiger partial charge is 0.247 e. The number of aromatic nitrogens is 4. The molecule has 0 radical (unpaired) electrons. The Bertz CT molecular complexity index is 1270. The molecule has 0 atom stereocenters. The molecule has 5 aromatic rings. The maximum absolute atomic E-state index is 6.20. The molecule has 148 valence electrons. The number of hydrogen-bond acceptors (Lipinski definition) is 8. The van der Waals surface area contributed by atoms with Gasteiger partial charge in [0.15, 0.2) is 5.82 Å². The van der Waals surface area contributed by atoms with Crippen LogP contribution in [-0.2, 0) is 11.3 Å². The molecule has 2 aromatic carbocycles. The summed E-state index contributed by atoms with van der Waals surface area (Å²) in [5, 5.41) is 10.6. The van der Waals surface area contributed by atoms with Gasteiger partial charge in [-0.15, -0.1) is 21.5 Å². The van der Waals surface area contributed by atoms with E-state index in [0.717, 1.165) is 26.9 Å². The maximum Gasteiger partial charge on any atom is 0.247 e. The van der Waals surface area contributed by atoms with Gasteiger partial charge in [-0.05, 0) is 29.8 Å². The van der Waals surface area contributed by atoms with Crippen molar-refractivity contribution in [3.63, 3.8) is 0 Å². The van der Waals surface area contributed by atoms with Crippen LogP contribution in [0.25, 0.3) is 32.8 Å². The predicted molar refractivity (Wildman–Crippen MR) is 113 cm³/mol. The Kier molecular flexibility index (Phi) is 4.92. The molecular weight excluding hydrogens is 400 g/mol. The molecule has 7 nitrogen and oxygen atoms in total. The molecule has 0 N–H and O–H groups in total. The van der Waals surface area contributed by atoms with Gasteiger partial charge >= 0.3 is 0 Å². The SMILES string of the molecule is COCc1nc(Oc2ccc(-c3nnco3)cc2)c2c(-c3ccccc3)csc2n1. The molecular formula is C22H16N4O3S. The van der Waals surface area contributed by atoms with Crippen LogP contribution in [0, 0.1) is 0 Å². The van der Waals surface area contributed by atoms with Crippen LogP contribution in [0.1, 0.15) is 5.82 Å². The first-order chi connectivity index (χ1) is 14.8. The van der Waals surface area contributed by atoms with E-state index in [2.05, 4.69) is 37.7 Å². The third-order valence-electron chi connectivity index (χ3n) is 4.48. The molecule has 3 heterocycles. The Morgan fingerprint density at radius 1 is 0.967 bits per heavy atom. The molecule has 3 aromatic heterocycles. The summed E-state index contributed by atoms with van der Waals surface area (Å²) in [6.45, 7) is 0.307. The van der Waals surface area contributed by atoms with Gasteiger partial charge in [0.25, 0.3) is 0 Å². The topological polar surface area (TPSA) is 83.2 Å². The van der Waals surface area contributed by atoms with E-state index in [9.17, 15) is 0 Å². The summed E-state index contributed by atoms with van der Waals surface area (Å²) >= 11 is 1.56. The number of rotatable bonds is 6. The Balaban J connectivity index is 1.57. The summed E-state index contributed by atoms with van der Waals surface area (Å²) in [6, 6.07) is 17.6. The van der Waals surface area contributed by atoms with E-state index in [1.54, 1.807) is 18.4 Å². The average Bonchev–Trinajstić information content (AvgIpc) is 3.46. The first-order valence-corrected chi connectivity index (χ1v) is 10.1. The number of thiophene rings is 1. The molecule has 0 fully saturated rings. The minimum absolute atomic E-state index is 0.307. The van der Waals surface area contributed by atoms with Crippen LogP contribution in [-0.4, -0.2) is 27.3 Å². The number of methoxy groups -OCH3 is 1. The fraction of sp³-hybridized carbons (Fsp3) is 0.0909. The number of hydrogen-bond donors (Lipinski definition) is 0. The average molecular weight is 416 g/mol. The molecule has 0 aliphatic carbocycles. The molecule has 8 heteroatoms. The van der Waals surface area contributed by atoms with Crippen molar-refractivity contribution in [1.82, 2.24) is 20.2 Å². The van der Waals surface area contributed by atoms with Crippen LogP contribution >= 0.6 is 11.3 Å². The lowest BCUT2D eigenvalue weighted by Gasteiger charge is -2.10. The van der Waals surface area contributed by atoms with Crippen LogP contribution < -0.4 is 4.74 Å². The van der Waals surface area contributed by atoms with E-state index >= 15 is 0 Å². The van der Waals surface area contributed by atoms with Crippen LogP contribution in [0.3, 0.4) is 0 Å². The zero-order valence-electron chi connectivity index (χ0n) is 16.0. The minimum atomic E-state index is 0.307. The highest BCUT2D eigenvalue weighted by atomic mass is 32.1. The van der Waals surface area contributed by atoms with Gasteiger partial charge in [0.05, 0.1) is 5.39 Å². The van der Waals surface area contributed by atoms with Crippen molar-refractivity contribution < 1.29 is 13.9 Å². The van der Waals surface area contributed by atoms with E-state index in [1.807, 2.05) is 42.5 Å². The monoisotopic (exact) mass is 416 g/mol. The largest absolute Gasteiger partial charge is 0.438 e. The molecule has 0 bridgehead atoms. The van der Waals surface area contributed by atoms with Crippen molar-refractivity contribution in [3.05, 3.63) is 72.2 Å². The third kappa shape index (κ3) is 3.54. The molecule has 5 rings (SSSR count). The maximum atomic E-state index is 6.20. The first-order valence-electron chi connectivity index (χ1n) is 9.19. The molecule has 0 aliphatic rings. The summed E-state index contributed by atoms with van der Waals surface area (Å²) in [6.07, 6.45) is 1.30. The minimum Gasteiger partial charge on any atom is -0.438 e. The lowest BCUT2D eigenvalue weighted by Crippen LogP contribution is -1.99. The van der Waals surface area contributed by atoms with E-state index < -0.39 is 0 Å². The van der Waals surface area contributed by atoms with Gasteiger partial charge in [-0.25, -0.2) is 4.98 Å². The van der Waals surface area contributed by atoms with Crippen LogP contribution in [0.4, 0.5) is 0 Å². The summed E-state index contributed by atoms with van der Waals surface area (Å²) in [7, 11) is 1.62. The summed E-state index contributed by atoms with van der Waals surface area (Å²) in [4.78, 5) is 10.1. The highest BCUT2D eigenvalue weighted by molar-refractivity contribution is 7.17. The Morgan fingerprint density at radius 2 is 1.80 bits per heavy atom. The van der Waals surface area contributed by atoms with Gasteiger partial charge in [0.2, 0.25) is 18.2 Å². The molecule has 0 spiro atoms. The molecule has 0 aliphatic heterocycles. The third-order valence-corrected chi connectivity index (χ3v) is 5.35. The van der Waals surface area contributed by atoms with Crippen molar-refractivity contribution in [3.8, 4) is 34.2 Å². The quantitative estimate of drug-likeness (QED) is 0.369. The zero-order valence-corrected chi connectivity index (χ0v) is 16.8. The second kappa shape index (κ2) is 8.02. The fourth-order valence-electron chi connectivity index (χ4n) is 3.13. The summed E-state index contributed by atoms with van der Waals surface area (Å²) in [5.74, 6) is 2.17. The van der Waals surface area contributed by atoms with Gasteiger partial charge in [0.1, 0.15) is 17.2 Å². The van der Waals surface area contributed by atoms with Crippen LogP contribution in [0.5, 0.6) is 11.6 Å². The van der Waals surface area contributed by atoms with E-state index in [0.29, 0.717) is 30.0 Å². The number of nitrogens with zero attached hydrogens (tertiary/aromatic N) is 4. The first kappa shape index (κ1) is 18.4. The number of benzene rings is 2. The molecule has 0 saturated heterocycles. The summed E-state index contributed by atoms with van der Waals surface area (Å²) in [5.41, 5.74) is 2.94. The fourth-order valence-corrected chi connectivity index (χ4v) is 4.08. The standard InChI is InChI=1S/C22H16N4O3S/c1-27-11-18-24-21(29-16-9-7-15(8-10-16)20-26-23-13-28-20)19-17(12-30-22(19)25-18)14-5-3-2-4-6-14/h2-10,12-13H,11H2,1H3. The number of ether oxygens (including phenoxy) is 2. The van der Waals surface area contributed by atoms with Gasteiger partial charge in [-0.2, -0.15) is 4.98 Å². The molecule has 0 unspecified atom stereocenters. The number of fused-ring (bicyclic) bond motifs is 1. The second-order valence-electron chi connectivity index (χ2n) is 6.44. The summed E-state index contributed by atoms with van der Waals surface area (Å²) < 4.78 is 16.7. The second-order valence-corrected chi connectivity index (χ2v) is 7.30. The van der Waals surface area contributed by atoms with E-state index in [1.165, 1.54) is 6.39 Å². The van der Waals surface area contributed by atoms with Crippen molar-refractivity contribution in [2.24, 2.45) is 0 Å². The van der Waals surface area contributed by atoms with Gasteiger partial charge in [0, 0.05) is 23.6 Å². The lowest BCUT2D eigenvalue weighted by atomic mass is 10.1. The molecule has 0 amide bonds. The van der Waals surface area contributed by atoms with Crippen molar-refractivity contribution in [1.29, 1.82) is 0 Å². The molecule has 30 heavy (non-hydrogen) atoms. The van der Waals surface area contributed by atoms with Gasteiger partial charge in [-0.3, -0.25) is 0 Å². The molecule has 0 saturated carbocycles. The Labute approximate surface area is 176 Å². The highest BCUT2D eigenvalue weighted by Crippen LogP contribution is 2.39. The van der Waals surface area contributed by atoms with Gasteiger partial charge < -0.3 is 13.9 Å². The zero-order chi connectivity index (χ0) is 20.3. The van der Waals surface area contributed by atoms with Crippen LogP contribution in [0.15, 0.2) is 70.8 Å². The highest BCUT2D eigenvalue weighted by Gasteiger charge is 2.17. The van der Waals surface area contributed by atoms with E-state index in [4.69, 9.17) is 13.9 Å². The van der Waals surface area contributed by atoms with E-state index in [-0.39, 0.29) is 0 Å². The van der Waals surface area contributed by atoms with Crippen molar-refractivity contribution >= 4 is 21.6 Å².